The minimum Gasteiger partial charge on any atom is -0.304 e. The molecule has 20 heavy (non-hydrogen) atoms. The second-order valence-electron chi connectivity index (χ2n) is 5.24. The van der Waals surface area contributed by atoms with Crippen LogP contribution in [0, 0.1) is 6.92 Å². The lowest BCUT2D eigenvalue weighted by molar-refractivity contribution is 0.463. The summed E-state index contributed by atoms with van der Waals surface area (Å²) in [7, 11) is 1.98. The van der Waals surface area contributed by atoms with E-state index < -0.39 is 0 Å². The molecule has 2 heterocycles. The van der Waals surface area contributed by atoms with Gasteiger partial charge in [0.25, 0.3) is 0 Å². The smallest absolute Gasteiger partial charge is 0.0930 e. The third kappa shape index (κ3) is 2.81. The molecule has 0 fully saturated rings. The topological polar surface area (TPSA) is 47.7 Å². The second kappa shape index (κ2) is 6.10. The highest BCUT2D eigenvalue weighted by Gasteiger charge is 2.25. The van der Waals surface area contributed by atoms with Gasteiger partial charge in [0.2, 0.25) is 0 Å². The second-order valence-corrected chi connectivity index (χ2v) is 6.10. The van der Waals surface area contributed by atoms with E-state index in [4.69, 9.17) is 0 Å². The zero-order chi connectivity index (χ0) is 14.9. The molecule has 6 heteroatoms. The van der Waals surface area contributed by atoms with Crippen LogP contribution in [0.1, 0.15) is 49.9 Å². The first-order valence-electron chi connectivity index (χ1n) is 6.92. The van der Waals surface area contributed by atoms with Crippen molar-refractivity contribution in [1.82, 2.24) is 24.9 Å². The molecule has 0 bridgehead atoms. The number of nitrogens with one attached hydrogen (secondary N) is 1. The van der Waals surface area contributed by atoms with Crippen LogP contribution in [0.15, 0.2) is 16.7 Å². The SMILES string of the molecule is CCNC(c1cc(C)nn1C)c1c(Br)cnn1C(C)C. The van der Waals surface area contributed by atoms with Gasteiger partial charge in [-0.15, -0.1) is 0 Å². The van der Waals surface area contributed by atoms with Gasteiger partial charge in [0, 0.05) is 13.1 Å². The minimum atomic E-state index is 0.0745. The van der Waals surface area contributed by atoms with Gasteiger partial charge in [-0.3, -0.25) is 9.36 Å². The molecule has 0 aromatic carbocycles. The number of hydrogen-bond donors (Lipinski definition) is 1. The molecule has 2 aromatic rings. The van der Waals surface area contributed by atoms with Crippen molar-refractivity contribution in [2.75, 3.05) is 6.54 Å². The van der Waals surface area contributed by atoms with E-state index in [1.54, 1.807) is 0 Å². The molecule has 2 rings (SSSR count). The third-order valence-electron chi connectivity index (χ3n) is 3.29. The highest BCUT2D eigenvalue weighted by Crippen LogP contribution is 2.30. The van der Waals surface area contributed by atoms with Gasteiger partial charge in [0.15, 0.2) is 0 Å². The molecular formula is C14H22BrN5. The number of halogens is 1. The summed E-state index contributed by atoms with van der Waals surface area (Å²) in [5.74, 6) is 0. The molecule has 1 N–H and O–H groups in total. The van der Waals surface area contributed by atoms with Crippen molar-refractivity contribution < 1.29 is 0 Å². The summed E-state index contributed by atoms with van der Waals surface area (Å²) in [4.78, 5) is 0. The molecule has 0 spiro atoms. The molecule has 1 unspecified atom stereocenters. The number of aromatic nitrogens is 4. The average molecular weight is 340 g/mol. The van der Waals surface area contributed by atoms with Gasteiger partial charge in [0.05, 0.1) is 33.8 Å². The highest BCUT2D eigenvalue weighted by atomic mass is 79.9. The normalized spacial score (nSPS) is 13.2. The van der Waals surface area contributed by atoms with Crippen molar-refractivity contribution in [3.05, 3.63) is 33.8 Å². The fraction of sp³-hybridized carbons (Fsp3) is 0.571. The van der Waals surface area contributed by atoms with Crippen LogP contribution in [0.25, 0.3) is 0 Å². The molecule has 0 radical (unpaired) electrons. The van der Waals surface area contributed by atoms with E-state index in [1.165, 1.54) is 0 Å². The molecule has 0 saturated heterocycles. The van der Waals surface area contributed by atoms with Crippen LogP contribution in [-0.4, -0.2) is 26.1 Å². The van der Waals surface area contributed by atoms with Crippen molar-refractivity contribution in [3.8, 4) is 0 Å². The van der Waals surface area contributed by atoms with Gasteiger partial charge in [-0.1, -0.05) is 6.92 Å². The molecule has 110 valence electrons. The molecule has 2 aromatic heterocycles. The molecular weight excluding hydrogens is 318 g/mol. The molecule has 1 atom stereocenters. The van der Waals surface area contributed by atoms with Gasteiger partial charge >= 0.3 is 0 Å². The Morgan fingerprint density at radius 2 is 2.10 bits per heavy atom. The summed E-state index contributed by atoms with van der Waals surface area (Å²) in [6.07, 6.45) is 1.86. The standard InChI is InChI=1S/C14H22BrN5/c1-6-16-13(12-7-10(4)18-19(12)5)14-11(15)8-17-20(14)9(2)3/h7-9,13,16H,6H2,1-5H3. The largest absolute Gasteiger partial charge is 0.304 e. The summed E-state index contributed by atoms with van der Waals surface area (Å²) in [5.41, 5.74) is 3.31. The van der Waals surface area contributed by atoms with E-state index in [-0.39, 0.29) is 6.04 Å². The quantitative estimate of drug-likeness (QED) is 0.910. The molecule has 5 nitrogen and oxygen atoms in total. The van der Waals surface area contributed by atoms with Crippen LogP contribution < -0.4 is 5.32 Å². The lowest BCUT2D eigenvalue weighted by Crippen LogP contribution is -2.27. The van der Waals surface area contributed by atoms with Gasteiger partial charge in [-0.2, -0.15) is 10.2 Å². The van der Waals surface area contributed by atoms with Crippen LogP contribution in [0.4, 0.5) is 0 Å². The summed E-state index contributed by atoms with van der Waals surface area (Å²) >= 11 is 3.63. The highest BCUT2D eigenvalue weighted by molar-refractivity contribution is 9.10. The van der Waals surface area contributed by atoms with Crippen molar-refractivity contribution in [2.24, 2.45) is 7.05 Å². The van der Waals surface area contributed by atoms with E-state index in [0.717, 1.165) is 28.1 Å². The summed E-state index contributed by atoms with van der Waals surface area (Å²) < 4.78 is 5.02. The van der Waals surface area contributed by atoms with E-state index in [0.29, 0.717) is 6.04 Å². The van der Waals surface area contributed by atoms with Crippen LogP contribution in [-0.2, 0) is 7.05 Å². The number of rotatable bonds is 5. The number of nitrogens with zero attached hydrogens (tertiary/aromatic N) is 4. The summed E-state index contributed by atoms with van der Waals surface area (Å²) in [5, 5.41) is 12.5. The Morgan fingerprint density at radius 1 is 1.40 bits per heavy atom. The van der Waals surface area contributed by atoms with Gasteiger partial charge in [-0.05, 0) is 49.3 Å². The maximum Gasteiger partial charge on any atom is 0.0930 e. The first-order valence-corrected chi connectivity index (χ1v) is 7.71. The lowest BCUT2D eigenvalue weighted by atomic mass is 10.1. The third-order valence-corrected chi connectivity index (χ3v) is 3.90. The average Bonchev–Trinajstić information content (AvgIpc) is 2.90. The van der Waals surface area contributed by atoms with Gasteiger partial charge < -0.3 is 5.32 Å². The first kappa shape index (κ1) is 15.3. The van der Waals surface area contributed by atoms with E-state index in [1.807, 2.05) is 24.9 Å². The van der Waals surface area contributed by atoms with E-state index in [9.17, 15) is 0 Å². The van der Waals surface area contributed by atoms with Crippen LogP contribution in [0.2, 0.25) is 0 Å². The zero-order valence-electron chi connectivity index (χ0n) is 12.7. The predicted molar refractivity (Wildman–Crippen MR) is 83.8 cm³/mol. The Kier molecular flexibility index (Phi) is 4.65. The summed E-state index contributed by atoms with van der Waals surface area (Å²) in [6.45, 7) is 9.28. The predicted octanol–water partition coefficient (Wildman–Crippen LogP) is 2.97. The van der Waals surface area contributed by atoms with Crippen LogP contribution >= 0.6 is 15.9 Å². The Morgan fingerprint density at radius 3 is 2.60 bits per heavy atom. The van der Waals surface area contributed by atoms with Gasteiger partial charge in [-0.25, -0.2) is 0 Å². The van der Waals surface area contributed by atoms with Crippen molar-refractivity contribution in [1.29, 1.82) is 0 Å². The Labute approximate surface area is 128 Å². The fourth-order valence-corrected chi connectivity index (χ4v) is 2.98. The molecule has 0 amide bonds. The fourth-order valence-electron chi connectivity index (χ4n) is 2.48. The number of aryl methyl sites for hydroxylation is 2. The van der Waals surface area contributed by atoms with Gasteiger partial charge in [0.1, 0.15) is 0 Å². The molecule has 0 aliphatic heterocycles. The van der Waals surface area contributed by atoms with Crippen molar-refractivity contribution in [2.45, 2.75) is 39.8 Å². The molecule has 0 aliphatic rings. The van der Waals surface area contributed by atoms with E-state index >= 15 is 0 Å². The van der Waals surface area contributed by atoms with E-state index in [2.05, 4.69) is 63.0 Å². The number of hydrogen-bond acceptors (Lipinski definition) is 3. The Balaban J connectivity index is 2.54. The summed E-state index contributed by atoms with van der Waals surface area (Å²) in [6, 6.07) is 2.51. The minimum absolute atomic E-state index is 0.0745. The zero-order valence-corrected chi connectivity index (χ0v) is 14.3. The maximum absolute atomic E-state index is 4.48. The Bertz CT molecular complexity index is 584. The monoisotopic (exact) mass is 339 g/mol. The van der Waals surface area contributed by atoms with Crippen molar-refractivity contribution >= 4 is 15.9 Å². The molecule has 0 aliphatic carbocycles. The van der Waals surface area contributed by atoms with Crippen LogP contribution in [0.5, 0.6) is 0 Å². The molecule has 0 saturated carbocycles. The van der Waals surface area contributed by atoms with Crippen LogP contribution in [0.3, 0.4) is 0 Å². The first-order chi connectivity index (χ1) is 9.45. The maximum atomic E-state index is 4.48. The lowest BCUT2D eigenvalue weighted by Gasteiger charge is -2.22. The van der Waals surface area contributed by atoms with Crippen molar-refractivity contribution in [3.63, 3.8) is 0 Å². The Hall–Kier alpha value is -1.14.